The van der Waals surface area contributed by atoms with Gasteiger partial charge in [0.2, 0.25) is 5.91 Å². The number of rotatable bonds is 4. The fourth-order valence-corrected chi connectivity index (χ4v) is 2.68. The molecule has 0 saturated carbocycles. The molecule has 0 spiro atoms. The summed E-state index contributed by atoms with van der Waals surface area (Å²) >= 11 is 5.88. The van der Waals surface area contributed by atoms with Crippen LogP contribution >= 0.6 is 11.6 Å². The maximum absolute atomic E-state index is 14.3. The van der Waals surface area contributed by atoms with E-state index in [0.717, 1.165) is 0 Å². The summed E-state index contributed by atoms with van der Waals surface area (Å²) in [6.07, 6.45) is -1.12. The predicted molar refractivity (Wildman–Crippen MR) is 79.2 cm³/mol. The van der Waals surface area contributed by atoms with Gasteiger partial charge in [-0.3, -0.25) is 9.69 Å². The lowest BCUT2D eigenvalue weighted by Crippen LogP contribution is -2.40. The van der Waals surface area contributed by atoms with Crippen molar-refractivity contribution in [1.29, 1.82) is 0 Å². The van der Waals surface area contributed by atoms with Crippen molar-refractivity contribution in [2.45, 2.75) is 25.6 Å². The Bertz CT molecular complexity index is 577. The number of alkyl halides is 1. The predicted octanol–water partition coefficient (Wildman–Crippen LogP) is 2.94. The Morgan fingerprint density at radius 1 is 1.52 bits per heavy atom. The first-order chi connectivity index (χ1) is 9.88. The first-order valence-electron chi connectivity index (χ1n) is 6.67. The monoisotopic (exact) mass is 314 g/mol. The zero-order valence-corrected chi connectivity index (χ0v) is 12.4. The Kier molecular flexibility index (Phi) is 4.96. The molecule has 0 aromatic heterocycles. The first-order valence-corrected chi connectivity index (χ1v) is 7.05. The van der Waals surface area contributed by atoms with Crippen molar-refractivity contribution in [3.8, 4) is 0 Å². The number of halogens is 3. The minimum Gasteiger partial charge on any atom is -0.368 e. The van der Waals surface area contributed by atoms with Crippen LogP contribution in [0.15, 0.2) is 30.1 Å². The van der Waals surface area contributed by atoms with Gasteiger partial charge in [0.1, 0.15) is 12.0 Å². The van der Waals surface area contributed by atoms with E-state index in [-0.39, 0.29) is 19.5 Å². The molecule has 114 valence electrons. The third-order valence-corrected chi connectivity index (χ3v) is 3.92. The van der Waals surface area contributed by atoms with Crippen molar-refractivity contribution < 1.29 is 13.6 Å². The summed E-state index contributed by atoms with van der Waals surface area (Å²) in [6.45, 7) is 1.51. The van der Waals surface area contributed by atoms with E-state index in [9.17, 15) is 13.6 Å². The Hall–Kier alpha value is -1.46. The van der Waals surface area contributed by atoms with Gasteiger partial charge in [0, 0.05) is 18.0 Å². The Balaban J connectivity index is 2.17. The summed E-state index contributed by atoms with van der Waals surface area (Å²) < 4.78 is 27.8. The van der Waals surface area contributed by atoms with Gasteiger partial charge in [-0.1, -0.05) is 23.7 Å². The summed E-state index contributed by atoms with van der Waals surface area (Å²) in [7, 11) is 0. The van der Waals surface area contributed by atoms with Crippen molar-refractivity contribution in [3.63, 3.8) is 0 Å². The van der Waals surface area contributed by atoms with Gasteiger partial charge in [0.25, 0.3) is 0 Å². The molecular formula is C15H17ClF2N2O. The van der Waals surface area contributed by atoms with Crippen molar-refractivity contribution in [3.05, 3.63) is 40.7 Å². The molecule has 1 aliphatic heterocycles. The highest BCUT2D eigenvalue weighted by Gasteiger charge is 2.36. The minimum atomic E-state index is -1.15. The van der Waals surface area contributed by atoms with Crippen LogP contribution in [0.2, 0.25) is 5.02 Å². The van der Waals surface area contributed by atoms with Crippen LogP contribution in [-0.2, 0) is 4.79 Å². The number of nitrogens with zero attached hydrogens (tertiary/aromatic N) is 1. The van der Waals surface area contributed by atoms with Crippen LogP contribution in [0.1, 0.15) is 18.9 Å². The Morgan fingerprint density at radius 2 is 2.24 bits per heavy atom. The quantitative estimate of drug-likeness (QED) is 0.929. The average molecular weight is 315 g/mol. The van der Waals surface area contributed by atoms with Crippen LogP contribution < -0.4 is 5.73 Å². The van der Waals surface area contributed by atoms with Gasteiger partial charge in [-0.2, -0.15) is 0 Å². The van der Waals surface area contributed by atoms with E-state index in [4.69, 9.17) is 17.3 Å². The number of benzene rings is 1. The number of nitrogens with two attached hydrogens (primary N) is 1. The second-order valence-electron chi connectivity index (χ2n) is 5.22. The average Bonchev–Trinajstić information content (AvgIpc) is 2.79. The molecule has 1 heterocycles. The largest absolute Gasteiger partial charge is 0.368 e. The summed E-state index contributed by atoms with van der Waals surface area (Å²) in [4.78, 5) is 12.7. The van der Waals surface area contributed by atoms with Gasteiger partial charge in [-0.15, -0.1) is 0 Å². The molecule has 1 aromatic carbocycles. The zero-order valence-electron chi connectivity index (χ0n) is 11.7. The third-order valence-electron chi connectivity index (χ3n) is 3.69. The second-order valence-corrected chi connectivity index (χ2v) is 5.66. The number of carbonyl (C=O) groups is 1. The number of carbonyl (C=O) groups excluding carboxylic acids is 1. The molecule has 21 heavy (non-hydrogen) atoms. The molecule has 0 bridgehead atoms. The van der Waals surface area contributed by atoms with Gasteiger partial charge in [0.05, 0.1) is 12.6 Å². The smallest absolute Gasteiger partial charge is 0.234 e. The van der Waals surface area contributed by atoms with E-state index in [0.29, 0.717) is 16.2 Å². The normalized spacial score (nSPS) is 24.0. The molecule has 1 fully saturated rings. The topological polar surface area (TPSA) is 46.3 Å². The minimum absolute atomic E-state index is 0.0177. The molecule has 3 nitrogen and oxygen atoms in total. The number of hydrogen-bond acceptors (Lipinski definition) is 2. The maximum Gasteiger partial charge on any atom is 0.234 e. The molecule has 1 amide bonds. The van der Waals surface area contributed by atoms with Gasteiger partial charge >= 0.3 is 0 Å². The van der Waals surface area contributed by atoms with Crippen molar-refractivity contribution >= 4 is 23.1 Å². The molecule has 1 saturated heterocycles. The van der Waals surface area contributed by atoms with Gasteiger partial charge < -0.3 is 5.73 Å². The molecule has 2 rings (SSSR count). The number of hydrogen-bond donors (Lipinski definition) is 1. The van der Waals surface area contributed by atoms with E-state index in [1.54, 1.807) is 31.2 Å². The molecule has 6 heteroatoms. The van der Waals surface area contributed by atoms with Crippen molar-refractivity contribution in [1.82, 2.24) is 4.90 Å². The standard InChI is InChI=1S/C15H17ClF2N2O/c1-9(10-3-2-4-11(16)5-10)13(18)8-20-7-12(17)6-14(20)15(19)21/h2-5,12,14H,6-8H2,1H3,(H2,19,21)/b13-9+. The third kappa shape index (κ3) is 3.80. The van der Waals surface area contributed by atoms with E-state index in [2.05, 4.69) is 0 Å². The first kappa shape index (κ1) is 15.9. The molecule has 2 unspecified atom stereocenters. The Morgan fingerprint density at radius 3 is 2.86 bits per heavy atom. The number of likely N-dealkylation sites (tertiary alicyclic amines) is 1. The summed E-state index contributed by atoms with van der Waals surface area (Å²) in [5, 5.41) is 0.514. The fraction of sp³-hybridized carbons (Fsp3) is 0.400. The molecule has 0 radical (unpaired) electrons. The molecule has 1 aliphatic rings. The van der Waals surface area contributed by atoms with Gasteiger partial charge in [0.15, 0.2) is 0 Å². The van der Waals surface area contributed by atoms with Crippen LogP contribution in [0.4, 0.5) is 8.78 Å². The zero-order chi connectivity index (χ0) is 15.6. The van der Waals surface area contributed by atoms with E-state index in [1.165, 1.54) is 4.90 Å². The highest BCUT2D eigenvalue weighted by atomic mass is 35.5. The molecule has 1 aromatic rings. The summed E-state index contributed by atoms with van der Waals surface area (Å²) in [6, 6.07) is 6.08. The van der Waals surface area contributed by atoms with Crippen LogP contribution in [0.5, 0.6) is 0 Å². The van der Waals surface area contributed by atoms with Crippen LogP contribution in [-0.4, -0.2) is 36.1 Å². The number of primary amides is 1. The lowest BCUT2D eigenvalue weighted by molar-refractivity contribution is -0.122. The van der Waals surface area contributed by atoms with Crippen LogP contribution in [0.3, 0.4) is 0 Å². The molecule has 0 aliphatic carbocycles. The Labute approximate surface area is 127 Å². The van der Waals surface area contributed by atoms with E-state index < -0.39 is 23.9 Å². The highest BCUT2D eigenvalue weighted by molar-refractivity contribution is 6.30. The second kappa shape index (κ2) is 6.54. The van der Waals surface area contributed by atoms with Crippen molar-refractivity contribution in [2.24, 2.45) is 5.73 Å². The van der Waals surface area contributed by atoms with Crippen molar-refractivity contribution in [2.75, 3.05) is 13.1 Å². The highest BCUT2D eigenvalue weighted by Crippen LogP contribution is 2.26. The van der Waals surface area contributed by atoms with Crippen LogP contribution in [0.25, 0.3) is 5.57 Å². The van der Waals surface area contributed by atoms with Gasteiger partial charge in [-0.25, -0.2) is 8.78 Å². The van der Waals surface area contributed by atoms with Gasteiger partial charge in [-0.05, 0) is 30.2 Å². The maximum atomic E-state index is 14.3. The number of allylic oxidation sites excluding steroid dienone is 1. The van der Waals surface area contributed by atoms with Crippen LogP contribution in [0, 0.1) is 0 Å². The summed E-state index contributed by atoms with van der Waals surface area (Å²) in [5.41, 5.74) is 6.31. The van der Waals surface area contributed by atoms with E-state index in [1.807, 2.05) is 0 Å². The van der Waals surface area contributed by atoms with E-state index >= 15 is 0 Å². The molecule has 2 N–H and O–H groups in total. The lowest BCUT2D eigenvalue weighted by Gasteiger charge is -2.21. The lowest BCUT2D eigenvalue weighted by atomic mass is 10.1. The fourth-order valence-electron chi connectivity index (χ4n) is 2.49. The SMILES string of the molecule is C/C(=C(\F)CN1CC(F)CC1C(N)=O)c1cccc(Cl)c1. The molecule has 2 atom stereocenters. The molecular weight excluding hydrogens is 298 g/mol. The summed E-state index contributed by atoms with van der Waals surface area (Å²) in [5.74, 6) is -1.04. The number of amides is 1.